The molecule has 0 saturated heterocycles. The van der Waals surface area contributed by atoms with Crippen LogP contribution in [-0.2, 0) is 26.0 Å². The molecule has 1 aromatic carbocycles. The maximum Gasteiger partial charge on any atom is 0.283 e. The van der Waals surface area contributed by atoms with Crippen molar-refractivity contribution in [2.45, 2.75) is 44.6 Å². The summed E-state index contributed by atoms with van der Waals surface area (Å²) in [5.74, 6) is 0.119. The highest BCUT2D eigenvalue weighted by Gasteiger charge is 2.29. The molecule has 0 bridgehead atoms. The van der Waals surface area contributed by atoms with Crippen molar-refractivity contribution in [1.82, 2.24) is 14.5 Å². The van der Waals surface area contributed by atoms with Crippen LogP contribution in [0.25, 0.3) is 0 Å². The third kappa shape index (κ3) is 5.73. The summed E-state index contributed by atoms with van der Waals surface area (Å²) in [4.78, 5) is 20.8. The molecule has 0 spiro atoms. The zero-order valence-electron chi connectivity index (χ0n) is 15.6. The molecule has 1 atom stereocenters. The smallest absolute Gasteiger partial charge is 0.283 e. The first-order valence-corrected chi connectivity index (χ1v) is 9.96. The van der Waals surface area contributed by atoms with Gasteiger partial charge >= 0.3 is 0 Å². The lowest BCUT2D eigenvalue weighted by Crippen LogP contribution is -2.22. The van der Waals surface area contributed by atoms with Gasteiger partial charge in [0, 0.05) is 19.9 Å². The Balaban J connectivity index is 0.000000451. The number of amides is 1. The molecule has 1 amide bonds. The molecule has 1 aromatic heterocycles. The predicted molar refractivity (Wildman–Crippen MR) is 101 cm³/mol. The molecule has 146 valence electrons. The van der Waals surface area contributed by atoms with Crippen molar-refractivity contribution >= 4 is 21.7 Å². The fourth-order valence-electron chi connectivity index (χ4n) is 2.32. The van der Waals surface area contributed by atoms with Gasteiger partial charge in [-0.3, -0.25) is 9.59 Å². The lowest BCUT2D eigenvalue weighted by molar-refractivity contribution is -0.119. The summed E-state index contributed by atoms with van der Waals surface area (Å²) in [5, 5.41) is 6.73. The Morgan fingerprint density at radius 1 is 1.30 bits per heavy atom. The lowest BCUT2D eigenvalue weighted by Gasteiger charge is -2.08. The highest BCUT2D eigenvalue weighted by atomic mass is 32.2. The fraction of sp³-hybridized carbons (Fsp3) is 0.389. The predicted octanol–water partition coefficient (Wildman–Crippen LogP) is 0.702. The van der Waals surface area contributed by atoms with Gasteiger partial charge in [-0.25, -0.2) is 0 Å². The van der Waals surface area contributed by atoms with Crippen molar-refractivity contribution in [1.29, 1.82) is 0 Å². The van der Waals surface area contributed by atoms with E-state index in [1.165, 1.54) is 6.92 Å². The minimum absolute atomic E-state index is 0.0799. The molecule has 1 unspecified atom stereocenters. The topological polar surface area (TPSA) is 124 Å². The number of nitrogens with one attached hydrogen (secondary N) is 1. The lowest BCUT2D eigenvalue weighted by atomic mass is 10.1. The number of aromatic nitrogens is 2. The molecule has 9 heteroatoms. The number of Topliss-reactive ketones (excluding diaryl/α,β-unsaturated/α-hetero) is 1. The summed E-state index contributed by atoms with van der Waals surface area (Å²) < 4.78 is 26.1. The quantitative estimate of drug-likeness (QED) is 0.772. The Morgan fingerprint density at radius 3 is 2.26 bits per heavy atom. The first kappa shape index (κ1) is 20.8. The van der Waals surface area contributed by atoms with E-state index in [9.17, 15) is 18.0 Å². The SMILES string of the molecule is CC(=O)NCCc1ccc(S(=O)(=O)n2nc(C)cc2C)cc1.NC1CC1=O. The van der Waals surface area contributed by atoms with Crippen LogP contribution in [0.5, 0.6) is 0 Å². The van der Waals surface area contributed by atoms with Crippen LogP contribution in [0.4, 0.5) is 0 Å². The van der Waals surface area contributed by atoms with E-state index >= 15 is 0 Å². The van der Waals surface area contributed by atoms with Crippen LogP contribution >= 0.6 is 0 Å². The second kappa shape index (κ2) is 8.45. The summed E-state index contributed by atoms with van der Waals surface area (Å²) in [6.07, 6.45) is 1.26. The third-order valence-corrected chi connectivity index (χ3v) is 5.57. The normalized spacial score (nSPS) is 15.7. The molecule has 1 aliphatic carbocycles. The number of rotatable bonds is 5. The highest BCUT2D eigenvalue weighted by molar-refractivity contribution is 7.89. The van der Waals surface area contributed by atoms with Gasteiger partial charge in [0.2, 0.25) is 5.91 Å². The standard InChI is InChI=1S/C15H19N3O3S.C3H5NO/c1-11-10-12(2)18(17-11)22(20,21)15-6-4-14(5-7-15)8-9-16-13(3)19;4-2-1-3(2)5/h4-7,10H,8-9H2,1-3H3,(H,16,19);2H,1,4H2. The molecule has 3 rings (SSSR count). The van der Waals surface area contributed by atoms with Crippen molar-refractivity contribution < 1.29 is 18.0 Å². The van der Waals surface area contributed by atoms with Crippen LogP contribution in [-0.4, -0.2) is 41.9 Å². The number of aryl methyl sites for hydroxylation is 2. The number of hydrogen-bond donors (Lipinski definition) is 2. The van der Waals surface area contributed by atoms with E-state index in [4.69, 9.17) is 5.73 Å². The van der Waals surface area contributed by atoms with Gasteiger partial charge in [0.25, 0.3) is 10.0 Å². The third-order valence-electron chi connectivity index (χ3n) is 3.88. The Morgan fingerprint density at radius 2 is 1.85 bits per heavy atom. The van der Waals surface area contributed by atoms with Gasteiger partial charge in [0.1, 0.15) is 0 Å². The van der Waals surface area contributed by atoms with Crippen LogP contribution in [0, 0.1) is 13.8 Å². The molecule has 3 N–H and O–H groups in total. The first-order valence-electron chi connectivity index (χ1n) is 8.52. The van der Waals surface area contributed by atoms with Crippen LogP contribution < -0.4 is 11.1 Å². The van der Waals surface area contributed by atoms with E-state index in [-0.39, 0.29) is 22.6 Å². The van der Waals surface area contributed by atoms with Crippen LogP contribution in [0.2, 0.25) is 0 Å². The monoisotopic (exact) mass is 392 g/mol. The molecule has 0 radical (unpaired) electrons. The van der Waals surface area contributed by atoms with Crippen LogP contribution in [0.15, 0.2) is 35.2 Å². The number of ketones is 1. The van der Waals surface area contributed by atoms with Gasteiger partial charge < -0.3 is 11.1 Å². The van der Waals surface area contributed by atoms with Gasteiger partial charge in [0.05, 0.1) is 22.3 Å². The molecule has 8 nitrogen and oxygen atoms in total. The van der Waals surface area contributed by atoms with E-state index in [2.05, 4.69) is 10.4 Å². The molecule has 1 saturated carbocycles. The minimum Gasteiger partial charge on any atom is -0.356 e. The summed E-state index contributed by atoms with van der Waals surface area (Å²) in [6.45, 7) is 5.45. The summed E-state index contributed by atoms with van der Waals surface area (Å²) in [6, 6.07) is 8.26. The number of carbonyl (C=O) groups is 2. The van der Waals surface area contributed by atoms with Gasteiger partial charge in [-0.2, -0.15) is 17.6 Å². The molecular formula is C18H24N4O4S. The van der Waals surface area contributed by atoms with Crippen molar-refractivity contribution in [2.75, 3.05) is 6.54 Å². The van der Waals surface area contributed by atoms with Crippen molar-refractivity contribution in [3.8, 4) is 0 Å². The molecule has 27 heavy (non-hydrogen) atoms. The Hall–Kier alpha value is -2.52. The van der Waals surface area contributed by atoms with Crippen molar-refractivity contribution in [3.05, 3.63) is 47.3 Å². The fourth-order valence-corrected chi connectivity index (χ4v) is 3.67. The molecule has 2 aromatic rings. The number of carbonyl (C=O) groups excluding carboxylic acids is 2. The number of nitrogens with zero attached hydrogens (tertiary/aromatic N) is 2. The van der Waals surface area contributed by atoms with E-state index in [0.29, 0.717) is 30.8 Å². The van der Waals surface area contributed by atoms with Gasteiger partial charge in [-0.1, -0.05) is 12.1 Å². The summed E-state index contributed by atoms with van der Waals surface area (Å²) in [5.41, 5.74) is 7.21. The largest absolute Gasteiger partial charge is 0.356 e. The van der Waals surface area contributed by atoms with Crippen molar-refractivity contribution in [2.24, 2.45) is 5.73 Å². The van der Waals surface area contributed by atoms with Gasteiger partial charge in [-0.05, 0) is 44.0 Å². The second-order valence-corrected chi connectivity index (χ2v) is 8.20. The van der Waals surface area contributed by atoms with E-state index in [1.807, 2.05) is 0 Å². The zero-order valence-corrected chi connectivity index (χ0v) is 16.4. The molecular weight excluding hydrogens is 368 g/mol. The molecule has 1 heterocycles. The van der Waals surface area contributed by atoms with Crippen LogP contribution in [0.1, 0.15) is 30.3 Å². The average molecular weight is 392 g/mol. The molecule has 1 fully saturated rings. The van der Waals surface area contributed by atoms with Crippen molar-refractivity contribution in [3.63, 3.8) is 0 Å². The van der Waals surface area contributed by atoms with Gasteiger partial charge in [-0.15, -0.1) is 0 Å². The Labute approximate surface area is 158 Å². The minimum atomic E-state index is -3.66. The molecule has 1 aliphatic rings. The number of nitrogens with two attached hydrogens (primary N) is 1. The zero-order chi connectivity index (χ0) is 20.2. The number of benzene rings is 1. The maximum absolute atomic E-state index is 12.5. The van der Waals surface area contributed by atoms with Crippen LogP contribution in [0.3, 0.4) is 0 Å². The second-order valence-electron chi connectivity index (χ2n) is 6.43. The Kier molecular flexibility index (Phi) is 6.50. The number of hydrogen-bond acceptors (Lipinski definition) is 6. The average Bonchev–Trinajstić information content (AvgIpc) is 3.10. The Bertz CT molecular complexity index is 933. The van der Waals surface area contributed by atoms with E-state index < -0.39 is 10.0 Å². The van der Waals surface area contributed by atoms with E-state index in [1.54, 1.807) is 44.2 Å². The molecule has 0 aliphatic heterocycles. The van der Waals surface area contributed by atoms with Gasteiger partial charge in [0.15, 0.2) is 5.78 Å². The first-order chi connectivity index (χ1) is 12.6. The summed E-state index contributed by atoms with van der Waals surface area (Å²) >= 11 is 0. The highest BCUT2D eigenvalue weighted by Crippen LogP contribution is 2.17. The van der Waals surface area contributed by atoms with E-state index in [0.717, 1.165) is 9.65 Å². The maximum atomic E-state index is 12.5. The summed E-state index contributed by atoms with van der Waals surface area (Å²) in [7, 11) is -3.66.